The third-order valence-electron chi connectivity index (χ3n) is 2.85. The van der Waals surface area contributed by atoms with Crippen LogP contribution in [0.5, 0.6) is 0 Å². The maximum atomic E-state index is 14.0. The molecule has 1 amide bonds. The fourth-order valence-electron chi connectivity index (χ4n) is 1.77. The highest BCUT2D eigenvalue weighted by Gasteiger charge is 2.26. The summed E-state index contributed by atoms with van der Waals surface area (Å²) in [4.78, 5) is 24.7. The molecule has 8 heteroatoms. The molecule has 0 spiro atoms. The van der Waals surface area contributed by atoms with Crippen molar-refractivity contribution in [3.8, 4) is 0 Å². The number of nitrogens with zero attached hydrogens (tertiary/aromatic N) is 2. The van der Waals surface area contributed by atoms with Crippen LogP contribution >= 0.6 is 27.5 Å². The summed E-state index contributed by atoms with van der Waals surface area (Å²) in [5, 5.41) is 9.35. The molecule has 0 aliphatic rings. The van der Waals surface area contributed by atoms with Gasteiger partial charge in [0.25, 0.3) is 5.91 Å². The van der Waals surface area contributed by atoms with E-state index in [-0.39, 0.29) is 20.6 Å². The van der Waals surface area contributed by atoms with E-state index in [4.69, 9.17) is 0 Å². The van der Waals surface area contributed by atoms with Crippen LogP contribution in [0.3, 0.4) is 0 Å². The van der Waals surface area contributed by atoms with Gasteiger partial charge in [-0.25, -0.2) is 9.18 Å². The van der Waals surface area contributed by atoms with Crippen molar-refractivity contribution in [3.05, 3.63) is 45.3 Å². The molecule has 1 N–H and O–H groups in total. The molecule has 5 nitrogen and oxygen atoms in total. The highest BCUT2D eigenvalue weighted by molar-refractivity contribution is 9.10. The lowest BCUT2D eigenvalue weighted by Crippen LogP contribution is -2.27. The number of aromatic nitrogens is 1. The number of carbonyl (C=O) groups is 2. The highest BCUT2D eigenvalue weighted by atomic mass is 79.9. The van der Waals surface area contributed by atoms with Crippen LogP contribution < -0.4 is 4.90 Å². The number of hydrogen-bond acceptors (Lipinski definition) is 4. The van der Waals surface area contributed by atoms with Crippen LogP contribution in [0.1, 0.15) is 26.4 Å². The van der Waals surface area contributed by atoms with E-state index in [0.717, 1.165) is 16.4 Å². The molecule has 0 unspecified atom stereocenters. The SMILES string of the molecule is Cc1nsc(N(C)C(=O)c2cccc(Br)c2F)c1C(=O)O. The highest BCUT2D eigenvalue weighted by Crippen LogP contribution is 2.30. The van der Waals surface area contributed by atoms with Gasteiger partial charge in [0.1, 0.15) is 16.4 Å². The zero-order chi connectivity index (χ0) is 15.7. The van der Waals surface area contributed by atoms with Gasteiger partial charge in [0, 0.05) is 7.05 Å². The molecule has 0 saturated carbocycles. The van der Waals surface area contributed by atoms with E-state index < -0.39 is 17.7 Å². The molecule has 0 atom stereocenters. The minimum absolute atomic E-state index is 0.0498. The molecule has 2 aromatic rings. The molecule has 0 fully saturated rings. The van der Waals surface area contributed by atoms with E-state index in [2.05, 4.69) is 20.3 Å². The Morgan fingerprint density at radius 3 is 2.71 bits per heavy atom. The molecule has 1 aromatic heterocycles. The van der Waals surface area contributed by atoms with Crippen molar-refractivity contribution in [2.24, 2.45) is 0 Å². The van der Waals surface area contributed by atoms with Gasteiger partial charge in [0.15, 0.2) is 0 Å². The number of aryl methyl sites for hydroxylation is 1. The van der Waals surface area contributed by atoms with Crippen LogP contribution in [0.25, 0.3) is 0 Å². The molecule has 0 radical (unpaired) electrons. The third-order valence-corrected chi connectivity index (χ3v) is 4.48. The van der Waals surface area contributed by atoms with Crippen LogP contribution in [-0.4, -0.2) is 28.4 Å². The number of hydrogen-bond donors (Lipinski definition) is 1. The fraction of sp³-hybridized carbons (Fsp3) is 0.154. The summed E-state index contributed by atoms with van der Waals surface area (Å²) in [6.45, 7) is 1.54. The maximum absolute atomic E-state index is 14.0. The van der Waals surface area contributed by atoms with Crippen molar-refractivity contribution >= 4 is 44.3 Å². The topological polar surface area (TPSA) is 70.5 Å². The first-order valence-corrected chi connectivity index (χ1v) is 7.32. The van der Waals surface area contributed by atoms with Crippen molar-refractivity contribution in [2.75, 3.05) is 11.9 Å². The standard InChI is InChI=1S/C13H10BrFN2O3S/c1-6-9(13(19)20)12(21-16-6)17(2)11(18)7-4-3-5-8(14)10(7)15/h3-5H,1-2H3,(H,19,20). The van der Waals surface area contributed by atoms with E-state index in [1.807, 2.05) is 0 Å². The van der Waals surface area contributed by atoms with E-state index in [0.29, 0.717) is 5.69 Å². The van der Waals surface area contributed by atoms with Gasteiger partial charge < -0.3 is 10.0 Å². The predicted octanol–water partition coefficient (Wildman–Crippen LogP) is 3.33. The zero-order valence-corrected chi connectivity index (χ0v) is 13.5. The normalized spacial score (nSPS) is 10.5. The fourth-order valence-corrected chi connectivity index (χ4v) is 2.99. The number of halogens is 2. The van der Waals surface area contributed by atoms with E-state index in [9.17, 15) is 19.1 Å². The molecular weight excluding hydrogens is 363 g/mol. The zero-order valence-electron chi connectivity index (χ0n) is 11.1. The number of carbonyl (C=O) groups excluding carboxylic acids is 1. The van der Waals surface area contributed by atoms with E-state index in [1.165, 1.54) is 25.2 Å². The van der Waals surface area contributed by atoms with Gasteiger partial charge in [-0.15, -0.1) is 0 Å². The van der Waals surface area contributed by atoms with Crippen molar-refractivity contribution in [3.63, 3.8) is 0 Å². The number of amides is 1. The second-order valence-electron chi connectivity index (χ2n) is 4.22. The van der Waals surface area contributed by atoms with Gasteiger partial charge in [0.05, 0.1) is 15.7 Å². The predicted molar refractivity (Wildman–Crippen MR) is 80.6 cm³/mol. The lowest BCUT2D eigenvalue weighted by atomic mass is 10.2. The molecule has 1 heterocycles. The number of carboxylic acid groups (broad SMARTS) is 1. The summed E-state index contributed by atoms with van der Waals surface area (Å²) in [5.74, 6) is -2.50. The van der Waals surface area contributed by atoms with Crippen LogP contribution in [0, 0.1) is 12.7 Å². The van der Waals surface area contributed by atoms with Crippen molar-refractivity contribution in [1.82, 2.24) is 4.37 Å². The molecule has 2 rings (SSSR count). The average molecular weight is 373 g/mol. The number of benzene rings is 1. The number of rotatable bonds is 3. The number of aromatic carboxylic acids is 1. The molecular formula is C13H10BrFN2O3S. The summed E-state index contributed by atoms with van der Waals surface area (Å²) >= 11 is 3.90. The Morgan fingerprint density at radius 2 is 2.10 bits per heavy atom. The Morgan fingerprint density at radius 1 is 1.43 bits per heavy atom. The van der Waals surface area contributed by atoms with Crippen molar-refractivity contribution in [1.29, 1.82) is 0 Å². The van der Waals surface area contributed by atoms with Gasteiger partial charge >= 0.3 is 5.97 Å². The van der Waals surface area contributed by atoms with Crippen molar-refractivity contribution in [2.45, 2.75) is 6.92 Å². The first-order valence-electron chi connectivity index (χ1n) is 5.76. The van der Waals surface area contributed by atoms with Gasteiger partial charge in [-0.1, -0.05) is 6.07 Å². The van der Waals surface area contributed by atoms with Gasteiger partial charge in [0.2, 0.25) is 0 Å². The van der Waals surface area contributed by atoms with Gasteiger partial charge in [-0.3, -0.25) is 4.79 Å². The summed E-state index contributed by atoms with van der Waals surface area (Å²) in [6.07, 6.45) is 0. The Kier molecular flexibility index (Phi) is 4.38. The van der Waals surface area contributed by atoms with E-state index in [1.54, 1.807) is 6.92 Å². The minimum Gasteiger partial charge on any atom is -0.478 e. The summed E-state index contributed by atoms with van der Waals surface area (Å²) in [7, 11) is 1.39. The lowest BCUT2D eigenvalue weighted by molar-refractivity contribution is 0.0697. The molecule has 21 heavy (non-hydrogen) atoms. The van der Waals surface area contributed by atoms with Crippen LogP contribution in [0.4, 0.5) is 9.39 Å². The Balaban J connectivity index is 2.45. The molecule has 110 valence electrons. The number of carboxylic acids is 1. The van der Waals surface area contributed by atoms with Crippen LogP contribution in [0.2, 0.25) is 0 Å². The van der Waals surface area contributed by atoms with E-state index >= 15 is 0 Å². The van der Waals surface area contributed by atoms with Crippen LogP contribution in [0.15, 0.2) is 22.7 Å². The maximum Gasteiger partial charge on any atom is 0.340 e. The largest absolute Gasteiger partial charge is 0.478 e. The molecule has 0 bridgehead atoms. The average Bonchev–Trinajstić information content (AvgIpc) is 2.82. The Labute approximate surface area is 132 Å². The second kappa shape index (κ2) is 5.90. The summed E-state index contributed by atoms with van der Waals surface area (Å²) < 4.78 is 18.1. The van der Waals surface area contributed by atoms with Crippen molar-refractivity contribution < 1.29 is 19.1 Å². The van der Waals surface area contributed by atoms with Crippen LogP contribution in [-0.2, 0) is 0 Å². The number of anilines is 1. The second-order valence-corrected chi connectivity index (χ2v) is 5.83. The summed E-state index contributed by atoms with van der Waals surface area (Å²) in [6, 6.07) is 4.35. The summed E-state index contributed by atoms with van der Waals surface area (Å²) in [5.41, 5.74) is 0.123. The van der Waals surface area contributed by atoms with Gasteiger partial charge in [-0.05, 0) is 46.5 Å². The quantitative estimate of drug-likeness (QED) is 0.896. The molecule has 0 saturated heterocycles. The lowest BCUT2D eigenvalue weighted by Gasteiger charge is -2.16. The first kappa shape index (κ1) is 15.6. The Bertz CT molecular complexity index is 732. The molecule has 0 aliphatic heterocycles. The monoisotopic (exact) mass is 372 g/mol. The van der Waals surface area contributed by atoms with Gasteiger partial charge in [-0.2, -0.15) is 4.37 Å². The smallest absolute Gasteiger partial charge is 0.340 e. The minimum atomic E-state index is -1.18. The third kappa shape index (κ3) is 2.81. The molecule has 0 aliphatic carbocycles. The first-order chi connectivity index (χ1) is 9.84. The molecule has 1 aromatic carbocycles. The Hall–Kier alpha value is -1.80.